The monoisotopic (exact) mass is 421 g/mol. The molecule has 1 saturated heterocycles. The predicted molar refractivity (Wildman–Crippen MR) is 111 cm³/mol. The molecule has 4 nitrogen and oxygen atoms in total. The third-order valence-corrected chi connectivity index (χ3v) is 6.04. The number of benzene rings is 1. The van der Waals surface area contributed by atoms with E-state index in [9.17, 15) is 4.79 Å². The van der Waals surface area contributed by atoms with Gasteiger partial charge in [0.05, 0.1) is 6.04 Å². The summed E-state index contributed by atoms with van der Waals surface area (Å²) >= 11 is 13.9. The quantitative estimate of drug-likeness (QED) is 0.682. The molecule has 0 spiro atoms. The van der Waals surface area contributed by atoms with Gasteiger partial charge in [-0.1, -0.05) is 47.8 Å². The molecule has 1 heterocycles. The molecule has 1 unspecified atom stereocenters. The fourth-order valence-electron chi connectivity index (χ4n) is 3.30. The van der Waals surface area contributed by atoms with Crippen LogP contribution in [0.25, 0.3) is 0 Å². The fraction of sp³-hybridized carbons (Fsp3) is 0.529. The van der Waals surface area contributed by atoms with Gasteiger partial charge in [0, 0.05) is 35.5 Å². The zero-order chi connectivity index (χ0) is 17.3. The van der Waals surface area contributed by atoms with Crippen molar-refractivity contribution in [2.75, 3.05) is 17.7 Å². The number of amides is 1. The number of nitrogens with zero attached hydrogens (tertiary/aromatic N) is 3. The summed E-state index contributed by atoms with van der Waals surface area (Å²) in [5, 5.41) is 2.07. The van der Waals surface area contributed by atoms with Gasteiger partial charge in [-0.05, 0) is 31.0 Å². The highest BCUT2D eigenvalue weighted by Gasteiger charge is 2.35. The maximum Gasteiger partial charge on any atom is 0.225 e. The molecule has 1 aromatic carbocycles. The van der Waals surface area contributed by atoms with Crippen LogP contribution in [-0.2, 0) is 4.79 Å². The number of carbonyl (C=O) groups is 1. The fourth-order valence-corrected chi connectivity index (χ4v) is 5.03. The lowest BCUT2D eigenvalue weighted by atomic mass is 10.2. The van der Waals surface area contributed by atoms with E-state index in [0.717, 1.165) is 16.6 Å². The summed E-state index contributed by atoms with van der Waals surface area (Å²) in [6.45, 7) is 1.57. The van der Waals surface area contributed by atoms with Gasteiger partial charge in [-0.25, -0.2) is 0 Å². The van der Waals surface area contributed by atoms with Crippen molar-refractivity contribution in [1.29, 1.82) is 0 Å². The molecule has 1 saturated carbocycles. The maximum atomic E-state index is 12.3. The summed E-state index contributed by atoms with van der Waals surface area (Å²) in [4.78, 5) is 21.1. The molecule has 0 bridgehead atoms. The first-order chi connectivity index (χ1) is 11.5. The van der Waals surface area contributed by atoms with Crippen LogP contribution in [0.2, 0.25) is 10.0 Å². The van der Waals surface area contributed by atoms with Gasteiger partial charge in [-0.2, -0.15) is 0 Å². The Bertz CT molecular complexity index is 644. The van der Waals surface area contributed by atoms with Gasteiger partial charge in [0.15, 0.2) is 5.17 Å². The Balaban J connectivity index is 0.00000225. The van der Waals surface area contributed by atoms with Gasteiger partial charge < -0.3 is 4.90 Å². The molecule has 3 rings (SSSR count). The number of carbonyl (C=O) groups excluding carboxylic acids is 1. The van der Waals surface area contributed by atoms with Crippen LogP contribution < -0.4 is 4.90 Å². The topological polar surface area (TPSA) is 35.9 Å². The van der Waals surface area contributed by atoms with Crippen LogP contribution in [0.1, 0.15) is 32.6 Å². The molecule has 2 fully saturated rings. The van der Waals surface area contributed by atoms with Crippen LogP contribution >= 0.6 is 47.4 Å². The third kappa shape index (κ3) is 4.76. The highest BCUT2D eigenvalue weighted by atomic mass is 35.5. The summed E-state index contributed by atoms with van der Waals surface area (Å²) in [6, 6.07) is 5.66. The van der Waals surface area contributed by atoms with Crippen molar-refractivity contribution >= 4 is 64.1 Å². The Morgan fingerprint density at radius 1 is 1.24 bits per heavy atom. The Morgan fingerprint density at radius 3 is 2.40 bits per heavy atom. The minimum absolute atomic E-state index is 0. The van der Waals surface area contributed by atoms with Gasteiger partial charge in [0.1, 0.15) is 6.17 Å². The SMILES string of the molecule is CC(=O)N(c1cc(Cl)cc(Cl)c1)C1CSC(=NC2CCCC2)N1C.Cl. The number of hydrogen-bond acceptors (Lipinski definition) is 3. The van der Waals surface area contributed by atoms with Gasteiger partial charge in [0.25, 0.3) is 0 Å². The molecule has 138 valence electrons. The van der Waals surface area contributed by atoms with Gasteiger partial charge in [-0.15, -0.1) is 12.4 Å². The van der Waals surface area contributed by atoms with E-state index in [1.54, 1.807) is 41.8 Å². The van der Waals surface area contributed by atoms with E-state index in [0.29, 0.717) is 16.1 Å². The van der Waals surface area contributed by atoms with Crippen molar-refractivity contribution < 1.29 is 4.79 Å². The van der Waals surface area contributed by atoms with E-state index in [1.165, 1.54) is 25.7 Å². The van der Waals surface area contributed by atoms with Crippen molar-refractivity contribution in [3.8, 4) is 0 Å². The highest BCUT2D eigenvalue weighted by Crippen LogP contribution is 2.33. The van der Waals surface area contributed by atoms with Crippen molar-refractivity contribution in [3.63, 3.8) is 0 Å². The van der Waals surface area contributed by atoms with Crippen LogP contribution in [-0.4, -0.2) is 41.0 Å². The van der Waals surface area contributed by atoms with Crippen LogP contribution in [0.4, 0.5) is 5.69 Å². The minimum Gasteiger partial charge on any atom is -0.333 e. The molecule has 1 atom stereocenters. The number of hydrogen-bond donors (Lipinski definition) is 0. The van der Waals surface area contributed by atoms with Crippen LogP contribution in [0.3, 0.4) is 0 Å². The molecule has 25 heavy (non-hydrogen) atoms. The lowest BCUT2D eigenvalue weighted by molar-refractivity contribution is -0.117. The number of aliphatic imine (C=N–C) groups is 1. The minimum atomic E-state index is -0.0813. The molecular formula is C17H22Cl3N3OS. The largest absolute Gasteiger partial charge is 0.333 e. The van der Waals surface area contributed by atoms with E-state index < -0.39 is 0 Å². The molecule has 1 aliphatic carbocycles. The van der Waals surface area contributed by atoms with Gasteiger partial charge in [-0.3, -0.25) is 14.7 Å². The van der Waals surface area contributed by atoms with Crippen molar-refractivity contribution in [3.05, 3.63) is 28.2 Å². The normalized spacial score (nSPS) is 22.3. The third-order valence-electron chi connectivity index (χ3n) is 4.49. The van der Waals surface area contributed by atoms with Crippen molar-refractivity contribution in [2.45, 2.75) is 44.8 Å². The van der Waals surface area contributed by atoms with Crippen LogP contribution in [0.5, 0.6) is 0 Å². The smallest absolute Gasteiger partial charge is 0.225 e. The lowest BCUT2D eigenvalue weighted by Gasteiger charge is -2.33. The average Bonchev–Trinajstić information content (AvgIpc) is 3.11. The lowest BCUT2D eigenvalue weighted by Crippen LogP contribution is -2.48. The number of rotatable bonds is 3. The van der Waals surface area contributed by atoms with Crippen LogP contribution in [0.15, 0.2) is 23.2 Å². The van der Waals surface area contributed by atoms with E-state index in [-0.39, 0.29) is 24.5 Å². The Morgan fingerprint density at radius 2 is 1.84 bits per heavy atom. The van der Waals surface area contributed by atoms with E-state index >= 15 is 0 Å². The molecule has 0 N–H and O–H groups in total. The van der Waals surface area contributed by atoms with Crippen molar-refractivity contribution in [2.24, 2.45) is 4.99 Å². The van der Waals surface area contributed by atoms with Crippen LogP contribution in [0, 0.1) is 0 Å². The number of anilines is 1. The van der Waals surface area contributed by atoms with E-state index in [1.807, 2.05) is 7.05 Å². The Labute approximate surface area is 169 Å². The summed E-state index contributed by atoms with van der Waals surface area (Å²) < 4.78 is 0. The number of halogens is 3. The standard InChI is InChI=1S/C17H21Cl2N3OS.ClH/c1-11(23)22(15-8-12(18)7-13(19)9-15)16-10-24-17(21(16)2)20-14-5-3-4-6-14;/h7-9,14,16H,3-6,10H2,1-2H3;1H. The van der Waals surface area contributed by atoms with E-state index in [2.05, 4.69) is 4.90 Å². The summed E-state index contributed by atoms with van der Waals surface area (Å²) in [7, 11) is 2.00. The predicted octanol–water partition coefficient (Wildman–Crippen LogP) is 5.07. The zero-order valence-electron chi connectivity index (χ0n) is 14.2. The molecule has 0 aromatic heterocycles. The molecule has 8 heteroatoms. The first kappa shape index (κ1) is 20.7. The summed E-state index contributed by atoms with van der Waals surface area (Å²) in [6.07, 6.45) is 4.79. The zero-order valence-corrected chi connectivity index (χ0v) is 17.4. The van der Waals surface area contributed by atoms with Crippen molar-refractivity contribution in [1.82, 2.24) is 4.90 Å². The van der Waals surface area contributed by atoms with Gasteiger partial charge in [0.2, 0.25) is 5.91 Å². The summed E-state index contributed by atoms with van der Waals surface area (Å²) in [5.74, 6) is 0.749. The molecule has 1 amide bonds. The average molecular weight is 423 g/mol. The Kier molecular flexibility index (Phi) is 7.32. The second-order valence-corrected chi connectivity index (χ2v) is 8.13. The Hall–Kier alpha value is -0.620. The number of thioether (sulfide) groups is 1. The summed E-state index contributed by atoms with van der Waals surface area (Å²) in [5.41, 5.74) is 0.722. The first-order valence-corrected chi connectivity index (χ1v) is 9.89. The van der Waals surface area contributed by atoms with Gasteiger partial charge >= 0.3 is 0 Å². The molecule has 0 radical (unpaired) electrons. The molecule has 1 aliphatic heterocycles. The first-order valence-electron chi connectivity index (χ1n) is 8.15. The highest BCUT2D eigenvalue weighted by molar-refractivity contribution is 8.14. The number of amidine groups is 1. The molecular weight excluding hydrogens is 401 g/mol. The second kappa shape index (κ2) is 8.85. The van der Waals surface area contributed by atoms with E-state index in [4.69, 9.17) is 28.2 Å². The maximum absolute atomic E-state index is 12.3. The molecule has 2 aliphatic rings. The molecule has 1 aromatic rings. The second-order valence-electron chi connectivity index (χ2n) is 6.27.